The Balaban J connectivity index is 1.30. The van der Waals surface area contributed by atoms with Gasteiger partial charge in [0.15, 0.2) is 0 Å². The maximum Gasteiger partial charge on any atom is 0.0562 e. The van der Waals surface area contributed by atoms with Gasteiger partial charge in [0, 0.05) is 47.9 Å². The number of nitrogens with zero attached hydrogens (tertiary/aromatic N) is 2. The molecule has 2 nitrogen and oxygen atoms in total. The summed E-state index contributed by atoms with van der Waals surface area (Å²) in [5, 5.41) is 7.59. The van der Waals surface area contributed by atoms with Crippen LogP contribution in [0.2, 0.25) is 0 Å². The zero-order chi connectivity index (χ0) is 32.3. The van der Waals surface area contributed by atoms with Crippen molar-refractivity contribution in [1.82, 2.24) is 4.57 Å². The number of anilines is 3. The Morgan fingerprint density at radius 2 is 1.08 bits per heavy atom. The van der Waals surface area contributed by atoms with Gasteiger partial charge in [-0.05, 0) is 83.1 Å². The van der Waals surface area contributed by atoms with Crippen LogP contribution in [0, 0.1) is 0 Å². The highest BCUT2D eigenvalue weighted by molar-refractivity contribution is 7.25. The first kappa shape index (κ1) is 27.9. The fourth-order valence-electron chi connectivity index (χ4n) is 7.57. The van der Waals surface area contributed by atoms with Crippen LogP contribution >= 0.6 is 11.3 Å². The van der Waals surface area contributed by atoms with Gasteiger partial charge in [-0.3, -0.25) is 0 Å². The lowest BCUT2D eigenvalue weighted by Crippen LogP contribution is -2.11. The second-order valence-electron chi connectivity index (χ2n) is 12.6. The van der Waals surface area contributed by atoms with Gasteiger partial charge in [0.25, 0.3) is 0 Å². The lowest BCUT2D eigenvalue weighted by atomic mass is 10.0. The largest absolute Gasteiger partial charge is 0.309 e. The van der Waals surface area contributed by atoms with Crippen molar-refractivity contribution in [2.75, 3.05) is 4.90 Å². The summed E-state index contributed by atoms with van der Waals surface area (Å²) in [5.41, 5.74) is 9.33. The molecule has 3 heteroatoms. The van der Waals surface area contributed by atoms with E-state index in [0.29, 0.717) is 0 Å². The van der Waals surface area contributed by atoms with E-state index in [2.05, 4.69) is 191 Å². The van der Waals surface area contributed by atoms with Crippen molar-refractivity contribution in [3.63, 3.8) is 0 Å². The van der Waals surface area contributed by atoms with Crippen molar-refractivity contribution in [2.24, 2.45) is 0 Å². The molecule has 0 unspecified atom stereocenters. The van der Waals surface area contributed by atoms with Crippen LogP contribution in [-0.4, -0.2) is 4.57 Å². The summed E-state index contributed by atoms with van der Waals surface area (Å²) in [4.78, 5) is 2.48. The highest BCUT2D eigenvalue weighted by Crippen LogP contribution is 2.48. The molecule has 0 saturated carbocycles. The molecule has 0 aliphatic heterocycles. The van der Waals surface area contributed by atoms with Crippen LogP contribution in [0.5, 0.6) is 0 Å². The summed E-state index contributed by atoms with van der Waals surface area (Å²) in [7, 11) is 0. The van der Waals surface area contributed by atoms with Gasteiger partial charge < -0.3 is 9.47 Å². The summed E-state index contributed by atoms with van der Waals surface area (Å²) in [6, 6.07) is 66.2. The Kier molecular flexibility index (Phi) is 6.39. The second-order valence-corrected chi connectivity index (χ2v) is 13.6. The number of benzene rings is 8. The van der Waals surface area contributed by atoms with Gasteiger partial charge in [-0.15, -0.1) is 11.3 Å². The molecule has 0 atom stereocenters. The smallest absolute Gasteiger partial charge is 0.0562 e. The molecule has 10 aromatic rings. The first-order valence-corrected chi connectivity index (χ1v) is 17.5. The van der Waals surface area contributed by atoms with Gasteiger partial charge in [0.1, 0.15) is 0 Å². The third-order valence-electron chi connectivity index (χ3n) is 9.74. The van der Waals surface area contributed by atoms with Gasteiger partial charge in [-0.2, -0.15) is 0 Å². The molecule has 0 saturated heterocycles. The molecular formula is C46H30N2S. The first-order valence-electron chi connectivity index (χ1n) is 16.7. The van der Waals surface area contributed by atoms with Crippen molar-refractivity contribution in [1.29, 1.82) is 0 Å². The van der Waals surface area contributed by atoms with E-state index in [1.165, 1.54) is 63.9 Å². The maximum absolute atomic E-state index is 2.48. The number of hydrogen-bond donors (Lipinski definition) is 0. The number of aromatic nitrogens is 1. The summed E-state index contributed by atoms with van der Waals surface area (Å²) in [6.45, 7) is 0. The van der Waals surface area contributed by atoms with E-state index in [1.54, 1.807) is 0 Å². The van der Waals surface area contributed by atoms with E-state index < -0.39 is 0 Å². The van der Waals surface area contributed by atoms with Gasteiger partial charge in [0.05, 0.1) is 22.4 Å². The Bertz CT molecular complexity index is 2830. The molecule has 0 aliphatic carbocycles. The Morgan fingerprint density at radius 3 is 1.94 bits per heavy atom. The predicted molar refractivity (Wildman–Crippen MR) is 211 cm³/mol. The van der Waals surface area contributed by atoms with Crippen molar-refractivity contribution in [3.05, 3.63) is 182 Å². The first-order chi connectivity index (χ1) is 24.3. The minimum atomic E-state index is 1.13. The average Bonchev–Trinajstić information content (AvgIpc) is 3.70. The number of para-hydroxylation sites is 3. The van der Waals surface area contributed by atoms with Crippen LogP contribution in [0.1, 0.15) is 0 Å². The molecule has 0 bridgehead atoms. The second kappa shape index (κ2) is 11.2. The zero-order valence-corrected chi connectivity index (χ0v) is 27.4. The van der Waals surface area contributed by atoms with Crippen LogP contribution in [0.3, 0.4) is 0 Å². The molecule has 8 aromatic carbocycles. The van der Waals surface area contributed by atoms with Crippen molar-refractivity contribution in [2.45, 2.75) is 0 Å². The van der Waals surface area contributed by atoms with Gasteiger partial charge in [0.2, 0.25) is 0 Å². The zero-order valence-electron chi connectivity index (χ0n) is 26.6. The third kappa shape index (κ3) is 4.47. The van der Waals surface area contributed by atoms with Crippen LogP contribution in [-0.2, 0) is 0 Å². The molecule has 0 fully saturated rings. The van der Waals surface area contributed by atoms with Crippen molar-refractivity contribution < 1.29 is 0 Å². The molecule has 2 aromatic heterocycles. The van der Waals surface area contributed by atoms with Crippen LogP contribution in [0.15, 0.2) is 182 Å². The highest BCUT2D eigenvalue weighted by atomic mass is 32.1. The number of rotatable bonds is 5. The summed E-state index contributed by atoms with van der Waals surface area (Å²) < 4.78 is 5.01. The Hall–Kier alpha value is -6.16. The van der Waals surface area contributed by atoms with E-state index in [4.69, 9.17) is 0 Å². The molecular weight excluding hydrogens is 613 g/mol. The van der Waals surface area contributed by atoms with Gasteiger partial charge in [-0.1, -0.05) is 115 Å². The van der Waals surface area contributed by atoms with Crippen molar-refractivity contribution in [3.8, 4) is 16.8 Å². The summed E-state index contributed by atoms with van der Waals surface area (Å²) >= 11 is 1.87. The van der Waals surface area contributed by atoms with Crippen LogP contribution in [0.4, 0.5) is 17.1 Å². The lowest BCUT2D eigenvalue weighted by molar-refractivity contribution is 1.18. The molecule has 0 spiro atoms. The number of thiophene rings is 1. The third-order valence-corrected chi connectivity index (χ3v) is 10.9. The van der Waals surface area contributed by atoms with Crippen molar-refractivity contribution >= 4 is 81.1 Å². The summed E-state index contributed by atoms with van der Waals surface area (Å²) in [6.07, 6.45) is 0. The fourth-order valence-corrected chi connectivity index (χ4v) is 8.69. The highest BCUT2D eigenvalue weighted by Gasteiger charge is 2.23. The molecule has 0 radical (unpaired) electrons. The van der Waals surface area contributed by atoms with E-state index in [-0.39, 0.29) is 0 Å². The lowest BCUT2D eigenvalue weighted by Gasteiger charge is -2.29. The molecule has 0 N–H and O–H groups in total. The van der Waals surface area contributed by atoms with Gasteiger partial charge >= 0.3 is 0 Å². The molecule has 0 amide bonds. The molecule has 230 valence electrons. The topological polar surface area (TPSA) is 8.17 Å². The van der Waals surface area contributed by atoms with Crippen LogP contribution < -0.4 is 4.90 Å². The van der Waals surface area contributed by atoms with E-state index in [0.717, 1.165) is 22.7 Å². The predicted octanol–water partition coefficient (Wildman–Crippen LogP) is 13.4. The maximum atomic E-state index is 2.48. The quantitative estimate of drug-likeness (QED) is 0.181. The number of hydrogen-bond acceptors (Lipinski definition) is 2. The SMILES string of the molecule is c1ccc(-c2ccccc2N(c2ccc3sc4cc5ccccc5cc4c3c2)c2cccc3c2c2ccccc2n3-c2ccccc2)cc1. The number of fused-ring (bicyclic) bond motifs is 7. The molecule has 49 heavy (non-hydrogen) atoms. The molecule has 2 heterocycles. The minimum Gasteiger partial charge on any atom is -0.309 e. The monoisotopic (exact) mass is 642 g/mol. The van der Waals surface area contributed by atoms with Gasteiger partial charge in [-0.25, -0.2) is 0 Å². The van der Waals surface area contributed by atoms with E-state index in [9.17, 15) is 0 Å². The fraction of sp³-hybridized carbons (Fsp3) is 0. The molecule has 0 aliphatic rings. The average molecular weight is 643 g/mol. The Morgan fingerprint density at radius 1 is 0.429 bits per heavy atom. The normalized spacial score (nSPS) is 11.7. The minimum absolute atomic E-state index is 1.13. The van der Waals surface area contributed by atoms with E-state index >= 15 is 0 Å². The molecule has 10 rings (SSSR count). The summed E-state index contributed by atoms with van der Waals surface area (Å²) in [5.74, 6) is 0. The standard InChI is InChI=1S/C46H30N2S/c1-3-14-31(15-4-1)36-20-9-11-22-40(36)48(35-26-27-44-39(30-35)38-28-32-16-7-8-17-33(32)29-45(38)49-44)43-25-13-24-42-46(43)37-21-10-12-23-41(37)47(42)34-18-5-2-6-19-34/h1-30H. The Labute approximate surface area is 288 Å². The van der Waals surface area contributed by atoms with E-state index in [1.807, 2.05) is 11.3 Å². The van der Waals surface area contributed by atoms with Crippen LogP contribution in [0.25, 0.3) is 69.6 Å².